The van der Waals surface area contributed by atoms with Crippen LogP contribution in [0.5, 0.6) is 5.75 Å². The van der Waals surface area contributed by atoms with Crippen molar-refractivity contribution in [2.75, 3.05) is 26.3 Å². The van der Waals surface area contributed by atoms with Crippen LogP contribution >= 0.6 is 0 Å². The van der Waals surface area contributed by atoms with E-state index in [1.54, 1.807) is 0 Å². The fraction of sp³-hybridized carbons (Fsp3) is 0.562. The fourth-order valence-corrected chi connectivity index (χ4v) is 3.37. The zero-order valence-corrected chi connectivity index (χ0v) is 12.4. The Morgan fingerprint density at radius 2 is 2.19 bits per heavy atom. The van der Waals surface area contributed by atoms with Crippen molar-refractivity contribution in [3.05, 3.63) is 29.8 Å². The highest BCUT2D eigenvalue weighted by atomic mass is 16.5. The predicted octanol–water partition coefficient (Wildman–Crippen LogP) is 1.93. The van der Waals surface area contributed by atoms with Crippen molar-refractivity contribution in [2.24, 2.45) is 5.92 Å². The first-order valence-electron chi connectivity index (χ1n) is 7.30. The van der Waals surface area contributed by atoms with Gasteiger partial charge in [0.05, 0.1) is 12.2 Å². The summed E-state index contributed by atoms with van der Waals surface area (Å²) < 4.78 is 11.3. The van der Waals surface area contributed by atoms with E-state index in [-0.39, 0.29) is 12.2 Å². The number of likely N-dealkylation sites (tertiary alicyclic amines) is 1. The monoisotopic (exact) mass is 291 g/mol. The molecule has 2 heterocycles. The van der Waals surface area contributed by atoms with Gasteiger partial charge < -0.3 is 14.6 Å². The van der Waals surface area contributed by atoms with Gasteiger partial charge in [0.25, 0.3) is 0 Å². The van der Waals surface area contributed by atoms with E-state index in [0.29, 0.717) is 18.6 Å². The lowest BCUT2D eigenvalue weighted by Crippen LogP contribution is -2.63. The molecule has 1 fully saturated rings. The largest absolute Gasteiger partial charge is 0.493 e. The van der Waals surface area contributed by atoms with Crippen LogP contribution in [0, 0.1) is 5.92 Å². The maximum absolute atomic E-state index is 10.6. The van der Waals surface area contributed by atoms with E-state index >= 15 is 0 Å². The van der Waals surface area contributed by atoms with Gasteiger partial charge in [-0.05, 0) is 13.0 Å². The van der Waals surface area contributed by atoms with Gasteiger partial charge in [-0.1, -0.05) is 25.1 Å². The van der Waals surface area contributed by atoms with Crippen molar-refractivity contribution < 1.29 is 19.4 Å². The van der Waals surface area contributed by atoms with Crippen LogP contribution in [-0.4, -0.2) is 47.9 Å². The quantitative estimate of drug-likeness (QED) is 0.918. The highest BCUT2D eigenvalue weighted by Gasteiger charge is 2.46. The number of carboxylic acid groups (broad SMARTS) is 1. The number of hydrogen-bond donors (Lipinski definition) is 1. The second kappa shape index (κ2) is 5.31. The number of ether oxygens (including phenoxy) is 2. The van der Waals surface area contributed by atoms with Crippen molar-refractivity contribution in [2.45, 2.75) is 25.5 Å². The van der Waals surface area contributed by atoms with Crippen LogP contribution in [0.3, 0.4) is 0 Å². The lowest BCUT2D eigenvalue weighted by molar-refractivity contribution is -0.174. The second-order valence-electron chi connectivity index (χ2n) is 6.31. The minimum atomic E-state index is -0.917. The van der Waals surface area contributed by atoms with Gasteiger partial charge in [-0.15, -0.1) is 0 Å². The molecule has 0 aliphatic carbocycles. The highest BCUT2D eigenvalue weighted by Crippen LogP contribution is 2.43. The molecule has 1 aromatic carbocycles. The van der Waals surface area contributed by atoms with E-state index in [1.807, 2.05) is 25.1 Å². The summed E-state index contributed by atoms with van der Waals surface area (Å²) in [5.74, 6) is 0.448. The van der Waals surface area contributed by atoms with Gasteiger partial charge in [0, 0.05) is 30.6 Å². The number of rotatable bonds is 4. The molecule has 0 amide bonds. The number of hydrogen-bond acceptors (Lipinski definition) is 4. The van der Waals surface area contributed by atoms with E-state index in [4.69, 9.17) is 14.6 Å². The maximum atomic E-state index is 10.6. The third kappa shape index (κ3) is 2.76. The number of nitrogens with zero attached hydrogens (tertiary/aromatic N) is 1. The van der Waals surface area contributed by atoms with Crippen LogP contribution in [0.25, 0.3) is 0 Å². The molecule has 0 bridgehead atoms. The normalized spacial score (nSPS) is 27.3. The molecule has 1 aromatic rings. The van der Waals surface area contributed by atoms with Gasteiger partial charge in [0.1, 0.15) is 12.4 Å². The van der Waals surface area contributed by atoms with Gasteiger partial charge in [-0.3, -0.25) is 4.90 Å². The SMILES string of the molecule is CC1COc2ccccc2C1N1CC(C)(OCC(=O)O)C1. The van der Waals surface area contributed by atoms with Gasteiger partial charge in [0.2, 0.25) is 0 Å². The summed E-state index contributed by atoms with van der Waals surface area (Å²) >= 11 is 0. The molecule has 0 spiro atoms. The molecular weight excluding hydrogens is 270 g/mol. The fourth-order valence-electron chi connectivity index (χ4n) is 3.37. The molecule has 5 heteroatoms. The lowest BCUT2D eigenvalue weighted by atomic mass is 9.85. The first-order valence-corrected chi connectivity index (χ1v) is 7.30. The standard InChI is InChI=1S/C16H21NO4/c1-11-7-20-13-6-4-3-5-12(13)15(11)17-9-16(2,10-17)21-8-14(18)19/h3-6,11,15H,7-10H2,1-2H3,(H,18,19). The molecule has 0 radical (unpaired) electrons. The first-order chi connectivity index (χ1) is 9.98. The minimum Gasteiger partial charge on any atom is -0.493 e. The average molecular weight is 291 g/mol. The van der Waals surface area contributed by atoms with Gasteiger partial charge in [-0.25, -0.2) is 4.79 Å². The number of para-hydroxylation sites is 1. The molecule has 2 aliphatic rings. The summed E-state index contributed by atoms with van der Waals surface area (Å²) in [6, 6.07) is 8.46. The Bertz CT molecular complexity index is 539. The van der Waals surface area contributed by atoms with Gasteiger partial charge >= 0.3 is 5.97 Å². The van der Waals surface area contributed by atoms with Crippen molar-refractivity contribution in [3.8, 4) is 5.75 Å². The van der Waals surface area contributed by atoms with E-state index in [0.717, 1.165) is 18.8 Å². The van der Waals surface area contributed by atoms with Crippen molar-refractivity contribution >= 4 is 5.97 Å². The van der Waals surface area contributed by atoms with E-state index < -0.39 is 5.97 Å². The predicted molar refractivity (Wildman–Crippen MR) is 77.4 cm³/mol. The molecule has 1 N–H and O–H groups in total. The zero-order chi connectivity index (χ0) is 15.0. The van der Waals surface area contributed by atoms with Crippen molar-refractivity contribution in [1.29, 1.82) is 0 Å². The molecule has 21 heavy (non-hydrogen) atoms. The summed E-state index contributed by atoms with van der Waals surface area (Å²) in [7, 11) is 0. The van der Waals surface area contributed by atoms with Crippen molar-refractivity contribution in [3.63, 3.8) is 0 Å². The van der Waals surface area contributed by atoms with Gasteiger partial charge in [-0.2, -0.15) is 0 Å². The average Bonchev–Trinajstić information content (AvgIpc) is 2.42. The highest BCUT2D eigenvalue weighted by molar-refractivity contribution is 5.68. The molecule has 0 saturated carbocycles. The number of benzene rings is 1. The third-order valence-electron chi connectivity index (χ3n) is 4.29. The van der Waals surface area contributed by atoms with Gasteiger partial charge in [0.15, 0.2) is 0 Å². The molecule has 114 valence electrons. The van der Waals surface area contributed by atoms with E-state index in [2.05, 4.69) is 17.9 Å². The van der Waals surface area contributed by atoms with Crippen molar-refractivity contribution in [1.82, 2.24) is 4.90 Å². The first kappa shape index (κ1) is 14.4. The molecule has 3 rings (SSSR count). The summed E-state index contributed by atoms with van der Waals surface area (Å²) in [5, 5.41) is 8.73. The second-order valence-corrected chi connectivity index (χ2v) is 6.31. The smallest absolute Gasteiger partial charge is 0.329 e. The lowest BCUT2D eigenvalue weighted by Gasteiger charge is -2.53. The Labute approximate surface area is 124 Å². The topological polar surface area (TPSA) is 59.0 Å². The number of carboxylic acids is 1. The van der Waals surface area contributed by atoms with E-state index in [1.165, 1.54) is 5.56 Å². The summed E-state index contributed by atoms with van der Waals surface area (Å²) in [6.45, 7) is 6.15. The molecule has 2 unspecified atom stereocenters. The number of fused-ring (bicyclic) bond motifs is 1. The molecule has 2 atom stereocenters. The van der Waals surface area contributed by atoms with Crippen LogP contribution in [-0.2, 0) is 9.53 Å². The van der Waals surface area contributed by atoms with E-state index in [9.17, 15) is 4.79 Å². The summed E-state index contributed by atoms with van der Waals surface area (Å²) in [5.41, 5.74) is 0.863. The van der Waals surface area contributed by atoms with Crippen LogP contribution in [0.2, 0.25) is 0 Å². The van der Waals surface area contributed by atoms with Crippen LogP contribution < -0.4 is 4.74 Å². The summed E-state index contributed by atoms with van der Waals surface area (Å²) in [6.07, 6.45) is 0. The molecular formula is C16H21NO4. The molecule has 1 saturated heterocycles. The Kier molecular flexibility index (Phi) is 3.63. The number of aliphatic carboxylic acids is 1. The summed E-state index contributed by atoms with van der Waals surface area (Å²) in [4.78, 5) is 13.0. The van der Waals surface area contributed by atoms with Crippen LogP contribution in [0.4, 0.5) is 0 Å². The zero-order valence-electron chi connectivity index (χ0n) is 12.4. The Morgan fingerprint density at radius 3 is 2.90 bits per heavy atom. The Balaban J connectivity index is 1.70. The maximum Gasteiger partial charge on any atom is 0.329 e. The Hall–Kier alpha value is -1.59. The van der Waals surface area contributed by atoms with Crippen LogP contribution in [0.1, 0.15) is 25.5 Å². The molecule has 5 nitrogen and oxygen atoms in total. The minimum absolute atomic E-state index is 0.232. The Morgan fingerprint density at radius 1 is 1.48 bits per heavy atom. The van der Waals surface area contributed by atoms with Crippen LogP contribution in [0.15, 0.2) is 24.3 Å². The third-order valence-corrected chi connectivity index (χ3v) is 4.29. The molecule has 0 aromatic heterocycles. The molecule has 2 aliphatic heterocycles. The number of carbonyl (C=O) groups is 1.